The Morgan fingerprint density at radius 2 is 1.80 bits per heavy atom. The van der Waals surface area contributed by atoms with Gasteiger partial charge >= 0.3 is 5.97 Å². The summed E-state index contributed by atoms with van der Waals surface area (Å²) in [7, 11) is 1.83. The van der Waals surface area contributed by atoms with Crippen LogP contribution in [-0.2, 0) is 11.8 Å². The number of hydrogen-bond acceptors (Lipinski definition) is 6. The Hall–Kier alpha value is -3.94. The molecular formula is C27H31N5O3. The molecule has 0 amide bonds. The summed E-state index contributed by atoms with van der Waals surface area (Å²) in [6, 6.07) is 16.1. The second kappa shape index (κ2) is 10.5. The average molecular weight is 474 g/mol. The lowest BCUT2D eigenvalue weighted by Crippen LogP contribution is -2.15. The molecule has 2 aromatic heterocycles. The highest BCUT2D eigenvalue weighted by Gasteiger charge is 2.28. The molecule has 4 rings (SSSR count). The molecule has 1 atom stereocenters. The van der Waals surface area contributed by atoms with E-state index in [1.807, 2.05) is 68.2 Å². The minimum atomic E-state index is -0.397. The molecule has 8 heteroatoms. The van der Waals surface area contributed by atoms with E-state index in [-0.39, 0.29) is 18.6 Å². The van der Waals surface area contributed by atoms with Crippen LogP contribution in [0.2, 0.25) is 0 Å². The zero-order valence-electron chi connectivity index (χ0n) is 20.8. The smallest absolute Gasteiger partial charge is 0.341 e. The first kappa shape index (κ1) is 24.2. The highest BCUT2D eigenvalue weighted by atomic mass is 16.5. The van der Waals surface area contributed by atoms with E-state index in [1.165, 1.54) is 0 Å². The van der Waals surface area contributed by atoms with Crippen LogP contribution in [0.15, 0.2) is 60.9 Å². The Morgan fingerprint density at radius 1 is 1.06 bits per heavy atom. The third-order valence-electron chi connectivity index (χ3n) is 5.65. The van der Waals surface area contributed by atoms with E-state index in [1.54, 1.807) is 17.8 Å². The highest BCUT2D eigenvalue weighted by molar-refractivity contribution is 5.91. The Morgan fingerprint density at radius 3 is 2.46 bits per heavy atom. The van der Waals surface area contributed by atoms with Gasteiger partial charge in [-0.3, -0.25) is 4.68 Å². The Balaban J connectivity index is 1.81. The standard InChI is InChI=1S/C27H31N5O3/c1-6-23(25-17-31(5)30-29-25)26-24(27(33)34-7-2)16-28-32(26)21-12-8-10-19(14-21)20-11-9-13-22(15-20)35-18(3)4/h8-18,23H,6-7H2,1-5H3. The van der Waals surface area contributed by atoms with Crippen molar-refractivity contribution in [2.24, 2.45) is 7.05 Å². The van der Waals surface area contributed by atoms with Crippen molar-refractivity contribution < 1.29 is 14.3 Å². The van der Waals surface area contributed by atoms with Gasteiger partial charge in [-0.25, -0.2) is 9.48 Å². The molecule has 0 bridgehead atoms. The minimum Gasteiger partial charge on any atom is -0.491 e. The summed E-state index contributed by atoms with van der Waals surface area (Å²) in [4.78, 5) is 12.9. The van der Waals surface area contributed by atoms with Crippen LogP contribution in [0.1, 0.15) is 61.8 Å². The molecule has 0 spiro atoms. The number of ether oxygens (including phenoxy) is 2. The molecule has 2 heterocycles. The van der Waals surface area contributed by atoms with Crippen LogP contribution in [0.25, 0.3) is 16.8 Å². The quantitative estimate of drug-likeness (QED) is 0.312. The number of rotatable bonds is 9. The van der Waals surface area contributed by atoms with Crippen LogP contribution in [0, 0.1) is 0 Å². The first-order valence-electron chi connectivity index (χ1n) is 11.9. The van der Waals surface area contributed by atoms with Crippen molar-refractivity contribution in [1.29, 1.82) is 0 Å². The van der Waals surface area contributed by atoms with Gasteiger partial charge in [0.15, 0.2) is 0 Å². The van der Waals surface area contributed by atoms with Gasteiger partial charge in [0.2, 0.25) is 0 Å². The predicted molar refractivity (Wildman–Crippen MR) is 134 cm³/mol. The van der Waals surface area contributed by atoms with Gasteiger partial charge in [-0.2, -0.15) is 5.10 Å². The van der Waals surface area contributed by atoms with Gasteiger partial charge in [0, 0.05) is 19.2 Å². The maximum atomic E-state index is 12.9. The Kier molecular flexibility index (Phi) is 7.29. The van der Waals surface area contributed by atoms with E-state index in [0.717, 1.165) is 34.0 Å². The maximum Gasteiger partial charge on any atom is 0.341 e. The monoisotopic (exact) mass is 473 g/mol. The van der Waals surface area contributed by atoms with Gasteiger partial charge in [-0.15, -0.1) is 5.10 Å². The van der Waals surface area contributed by atoms with Crippen molar-refractivity contribution in [2.45, 2.75) is 46.1 Å². The fourth-order valence-electron chi connectivity index (χ4n) is 4.17. The third-order valence-corrected chi connectivity index (χ3v) is 5.65. The number of aryl methyl sites for hydroxylation is 1. The molecule has 0 radical (unpaired) electrons. The molecule has 0 saturated heterocycles. The van der Waals surface area contributed by atoms with Gasteiger partial charge in [0.25, 0.3) is 0 Å². The van der Waals surface area contributed by atoms with Crippen molar-refractivity contribution in [2.75, 3.05) is 6.61 Å². The number of hydrogen-bond donors (Lipinski definition) is 0. The summed E-state index contributed by atoms with van der Waals surface area (Å²) in [5.74, 6) is 0.240. The topological polar surface area (TPSA) is 84.1 Å². The summed E-state index contributed by atoms with van der Waals surface area (Å²) in [5.41, 5.74) is 4.83. The average Bonchev–Trinajstić information content (AvgIpc) is 3.47. The second-order valence-electron chi connectivity index (χ2n) is 8.60. The maximum absolute atomic E-state index is 12.9. The van der Waals surface area contributed by atoms with Gasteiger partial charge < -0.3 is 9.47 Å². The molecule has 0 aliphatic rings. The van der Waals surface area contributed by atoms with Gasteiger partial charge in [0.1, 0.15) is 11.3 Å². The van der Waals surface area contributed by atoms with Gasteiger partial charge in [0.05, 0.1) is 36.0 Å². The zero-order chi connectivity index (χ0) is 24.9. The SMILES string of the molecule is CCOC(=O)c1cnn(-c2cccc(-c3cccc(OC(C)C)c3)c2)c1C(CC)c1cn(C)nn1. The summed E-state index contributed by atoms with van der Waals surface area (Å²) < 4.78 is 14.7. The summed E-state index contributed by atoms with van der Waals surface area (Å²) in [6.45, 7) is 8.16. The lowest BCUT2D eigenvalue weighted by Gasteiger charge is -2.17. The van der Waals surface area contributed by atoms with Crippen molar-refractivity contribution in [3.63, 3.8) is 0 Å². The first-order valence-corrected chi connectivity index (χ1v) is 11.9. The molecule has 35 heavy (non-hydrogen) atoms. The normalized spacial score (nSPS) is 12.1. The number of carbonyl (C=O) groups excluding carboxylic acids is 1. The van der Waals surface area contributed by atoms with Crippen LogP contribution >= 0.6 is 0 Å². The predicted octanol–water partition coefficient (Wildman–Crippen LogP) is 5.17. The van der Waals surface area contributed by atoms with E-state index >= 15 is 0 Å². The van der Waals surface area contributed by atoms with E-state index in [0.29, 0.717) is 12.0 Å². The van der Waals surface area contributed by atoms with Crippen molar-refractivity contribution in [3.05, 3.63) is 77.9 Å². The lowest BCUT2D eigenvalue weighted by atomic mass is 9.95. The molecular weight excluding hydrogens is 442 g/mol. The molecule has 0 N–H and O–H groups in total. The molecule has 2 aromatic carbocycles. The van der Waals surface area contributed by atoms with Crippen molar-refractivity contribution >= 4 is 5.97 Å². The van der Waals surface area contributed by atoms with Crippen LogP contribution in [0.3, 0.4) is 0 Å². The second-order valence-corrected chi connectivity index (χ2v) is 8.60. The summed E-state index contributed by atoms with van der Waals surface area (Å²) in [6.07, 6.45) is 4.26. The van der Waals surface area contributed by atoms with E-state index in [2.05, 4.69) is 34.5 Å². The highest BCUT2D eigenvalue weighted by Crippen LogP contribution is 2.33. The van der Waals surface area contributed by atoms with Gasteiger partial charge in [-0.05, 0) is 62.6 Å². The van der Waals surface area contributed by atoms with Crippen LogP contribution in [0.5, 0.6) is 5.75 Å². The number of carbonyl (C=O) groups is 1. The fraction of sp³-hybridized carbons (Fsp3) is 0.333. The number of benzene rings is 2. The summed E-state index contributed by atoms with van der Waals surface area (Å²) >= 11 is 0. The van der Waals surface area contributed by atoms with E-state index in [9.17, 15) is 4.79 Å². The molecule has 4 aromatic rings. The minimum absolute atomic E-state index is 0.0941. The lowest BCUT2D eigenvalue weighted by molar-refractivity contribution is 0.0524. The number of nitrogens with zero attached hydrogens (tertiary/aromatic N) is 5. The first-order chi connectivity index (χ1) is 16.9. The van der Waals surface area contributed by atoms with E-state index < -0.39 is 5.97 Å². The fourth-order valence-corrected chi connectivity index (χ4v) is 4.17. The largest absolute Gasteiger partial charge is 0.491 e. The van der Waals surface area contributed by atoms with Crippen molar-refractivity contribution in [1.82, 2.24) is 24.8 Å². The molecule has 0 aliphatic heterocycles. The zero-order valence-corrected chi connectivity index (χ0v) is 20.8. The van der Waals surface area contributed by atoms with Crippen molar-refractivity contribution in [3.8, 4) is 22.6 Å². The summed E-state index contributed by atoms with van der Waals surface area (Å²) in [5, 5.41) is 13.0. The van der Waals surface area contributed by atoms with Crippen LogP contribution in [-0.4, -0.2) is 43.5 Å². The molecule has 1 unspecified atom stereocenters. The Bertz CT molecular complexity index is 1310. The molecule has 0 saturated carbocycles. The van der Waals surface area contributed by atoms with Crippen LogP contribution < -0.4 is 4.74 Å². The molecule has 8 nitrogen and oxygen atoms in total. The van der Waals surface area contributed by atoms with Gasteiger partial charge in [-0.1, -0.05) is 36.4 Å². The van der Waals surface area contributed by atoms with E-state index in [4.69, 9.17) is 9.47 Å². The number of esters is 1. The molecule has 0 aliphatic carbocycles. The third kappa shape index (κ3) is 5.26. The van der Waals surface area contributed by atoms with Crippen LogP contribution in [0.4, 0.5) is 0 Å². The molecule has 182 valence electrons. The Labute approximate surface area is 205 Å². The molecule has 0 fully saturated rings. The number of aromatic nitrogens is 5.